The number of ether oxygens (including phenoxy) is 1. The van der Waals surface area contributed by atoms with Crippen molar-refractivity contribution in [2.45, 2.75) is 20.5 Å². The molecule has 0 atom stereocenters. The van der Waals surface area contributed by atoms with Gasteiger partial charge in [0.05, 0.1) is 0 Å². The van der Waals surface area contributed by atoms with Gasteiger partial charge in [0.2, 0.25) is 0 Å². The summed E-state index contributed by atoms with van der Waals surface area (Å²) in [4.78, 5) is 0. The Labute approximate surface area is 165 Å². The van der Waals surface area contributed by atoms with Gasteiger partial charge in [0, 0.05) is 0 Å². The standard InChI is InChI=1S/C15H15BF3O.K/c1-11-6-7-13(8-12(11)2)10-20-15-5-3-4-14(9-15)16(17,18)19;/h3-9H,10H2,1-2H3;/q-1;+1. The first-order valence-electron chi connectivity index (χ1n) is 6.35. The summed E-state index contributed by atoms with van der Waals surface area (Å²) in [6.07, 6.45) is 0. The van der Waals surface area contributed by atoms with Gasteiger partial charge in [-0.1, -0.05) is 30.3 Å². The van der Waals surface area contributed by atoms with E-state index in [4.69, 9.17) is 4.74 Å². The second-order valence-corrected chi connectivity index (χ2v) is 4.85. The molecule has 0 aromatic heterocycles. The molecule has 0 radical (unpaired) electrons. The van der Waals surface area contributed by atoms with Crippen molar-refractivity contribution in [3.63, 3.8) is 0 Å². The Balaban J connectivity index is 0.00000220. The molecule has 6 heteroatoms. The molecule has 21 heavy (non-hydrogen) atoms. The molecule has 0 aliphatic carbocycles. The molecule has 2 aromatic rings. The smallest absolute Gasteiger partial charge is 0.489 e. The van der Waals surface area contributed by atoms with Gasteiger partial charge in [-0.2, -0.15) is 0 Å². The zero-order valence-electron chi connectivity index (χ0n) is 12.4. The fourth-order valence-corrected chi connectivity index (χ4v) is 1.87. The number of hydrogen-bond acceptors (Lipinski definition) is 1. The molecule has 0 fully saturated rings. The van der Waals surface area contributed by atoms with Crippen LogP contribution in [0.5, 0.6) is 5.75 Å². The van der Waals surface area contributed by atoms with E-state index in [-0.39, 0.29) is 63.7 Å². The third-order valence-corrected chi connectivity index (χ3v) is 3.21. The summed E-state index contributed by atoms with van der Waals surface area (Å²) in [6, 6.07) is 10.9. The number of aryl methyl sites for hydroxylation is 2. The average Bonchev–Trinajstić information content (AvgIpc) is 2.39. The fourth-order valence-electron chi connectivity index (χ4n) is 1.87. The van der Waals surface area contributed by atoms with Crippen LogP contribution >= 0.6 is 0 Å². The maximum absolute atomic E-state index is 12.6. The topological polar surface area (TPSA) is 9.23 Å². The van der Waals surface area contributed by atoms with E-state index in [1.165, 1.54) is 17.7 Å². The molecule has 0 aliphatic rings. The van der Waals surface area contributed by atoms with Crippen molar-refractivity contribution in [2.24, 2.45) is 0 Å². The Morgan fingerprint density at radius 1 is 0.952 bits per heavy atom. The van der Waals surface area contributed by atoms with Gasteiger partial charge in [-0.25, -0.2) is 0 Å². The maximum atomic E-state index is 12.6. The van der Waals surface area contributed by atoms with Gasteiger partial charge in [-0.15, -0.1) is 5.46 Å². The SMILES string of the molecule is Cc1ccc(COc2cccc([B-](F)(F)F)c2)cc1C.[K+]. The maximum Gasteiger partial charge on any atom is 1.00 e. The van der Waals surface area contributed by atoms with Crippen LogP contribution in [0.4, 0.5) is 12.9 Å². The molecule has 0 amide bonds. The molecule has 0 saturated heterocycles. The van der Waals surface area contributed by atoms with Gasteiger partial charge in [0.1, 0.15) is 12.4 Å². The van der Waals surface area contributed by atoms with Crippen LogP contribution < -0.4 is 61.6 Å². The fraction of sp³-hybridized carbons (Fsp3) is 0.200. The van der Waals surface area contributed by atoms with Crippen LogP contribution in [0.15, 0.2) is 42.5 Å². The third kappa shape index (κ3) is 5.45. The summed E-state index contributed by atoms with van der Waals surface area (Å²) >= 11 is 0. The van der Waals surface area contributed by atoms with E-state index in [1.54, 1.807) is 0 Å². The van der Waals surface area contributed by atoms with Crippen molar-refractivity contribution in [2.75, 3.05) is 0 Å². The van der Waals surface area contributed by atoms with Crippen LogP contribution in [0.2, 0.25) is 0 Å². The van der Waals surface area contributed by atoms with Crippen molar-refractivity contribution in [1.82, 2.24) is 0 Å². The summed E-state index contributed by atoms with van der Waals surface area (Å²) < 4.78 is 43.3. The molecule has 0 aliphatic heterocycles. The van der Waals surface area contributed by atoms with E-state index in [0.29, 0.717) is 0 Å². The van der Waals surface area contributed by atoms with Gasteiger partial charge < -0.3 is 17.7 Å². The molecule has 106 valence electrons. The molecule has 2 rings (SSSR count). The Morgan fingerprint density at radius 3 is 2.29 bits per heavy atom. The van der Waals surface area contributed by atoms with E-state index in [2.05, 4.69) is 0 Å². The van der Waals surface area contributed by atoms with Gasteiger partial charge in [-0.05, 0) is 42.7 Å². The van der Waals surface area contributed by atoms with Crippen molar-refractivity contribution >= 4 is 12.4 Å². The average molecular weight is 318 g/mol. The van der Waals surface area contributed by atoms with Crippen molar-refractivity contribution in [3.05, 3.63) is 59.2 Å². The summed E-state index contributed by atoms with van der Waals surface area (Å²) in [6.45, 7) is -0.727. The molecule has 0 saturated carbocycles. The second kappa shape index (κ2) is 7.83. The van der Waals surface area contributed by atoms with Gasteiger partial charge >= 0.3 is 58.4 Å². The molecular formula is C15H15BF3KO. The largest absolute Gasteiger partial charge is 1.00 e. The van der Waals surface area contributed by atoms with E-state index in [9.17, 15) is 12.9 Å². The Kier molecular flexibility index (Phi) is 7.00. The Bertz CT molecular complexity index is 614. The molecule has 2 aromatic carbocycles. The third-order valence-electron chi connectivity index (χ3n) is 3.21. The normalized spacial score (nSPS) is 10.9. The Morgan fingerprint density at radius 2 is 1.67 bits per heavy atom. The molecule has 0 bridgehead atoms. The summed E-state index contributed by atoms with van der Waals surface area (Å²) in [5.74, 6) is 0.236. The molecule has 0 heterocycles. The van der Waals surface area contributed by atoms with Crippen LogP contribution in [-0.4, -0.2) is 6.98 Å². The van der Waals surface area contributed by atoms with Crippen LogP contribution in [0.25, 0.3) is 0 Å². The molecule has 0 N–H and O–H groups in total. The molecule has 1 nitrogen and oxygen atoms in total. The number of hydrogen-bond donors (Lipinski definition) is 0. The van der Waals surface area contributed by atoms with Gasteiger partial charge in [-0.3, -0.25) is 0 Å². The van der Waals surface area contributed by atoms with Crippen LogP contribution in [0.3, 0.4) is 0 Å². The van der Waals surface area contributed by atoms with Crippen LogP contribution in [0, 0.1) is 13.8 Å². The summed E-state index contributed by atoms with van der Waals surface area (Å²) in [5.41, 5.74) is 2.62. The predicted octanol–water partition coefficient (Wildman–Crippen LogP) is 0.941. The van der Waals surface area contributed by atoms with Crippen LogP contribution in [0.1, 0.15) is 16.7 Å². The molecule has 0 unspecified atom stereocenters. The van der Waals surface area contributed by atoms with Crippen molar-refractivity contribution in [1.29, 1.82) is 0 Å². The minimum atomic E-state index is -4.99. The van der Waals surface area contributed by atoms with E-state index in [1.807, 2.05) is 32.0 Å². The second-order valence-electron chi connectivity index (χ2n) is 4.85. The molecule has 0 spiro atoms. The van der Waals surface area contributed by atoms with Gasteiger partial charge in [0.15, 0.2) is 0 Å². The van der Waals surface area contributed by atoms with Crippen molar-refractivity contribution < 1.29 is 69.1 Å². The van der Waals surface area contributed by atoms with E-state index in [0.717, 1.165) is 23.3 Å². The zero-order valence-corrected chi connectivity index (χ0v) is 15.5. The predicted molar refractivity (Wildman–Crippen MR) is 75.4 cm³/mol. The summed E-state index contributed by atoms with van der Waals surface area (Å²) in [7, 11) is 0. The van der Waals surface area contributed by atoms with E-state index < -0.39 is 12.4 Å². The minimum Gasteiger partial charge on any atom is -0.489 e. The first kappa shape index (κ1) is 18.8. The number of rotatable bonds is 4. The zero-order chi connectivity index (χ0) is 14.8. The van der Waals surface area contributed by atoms with Crippen LogP contribution in [-0.2, 0) is 6.61 Å². The summed E-state index contributed by atoms with van der Waals surface area (Å²) in [5, 5.41) is 0. The Hall–Kier alpha value is -0.269. The van der Waals surface area contributed by atoms with E-state index >= 15 is 0 Å². The monoisotopic (exact) mass is 318 g/mol. The van der Waals surface area contributed by atoms with Crippen molar-refractivity contribution in [3.8, 4) is 5.75 Å². The minimum absolute atomic E-state index is 0. The first-order valence-corrected chi connectivity index (χ1v) is 6.35. The first-order chi connectivity index (χ1) is 9.36. The number of benzene rings is 2. The number of halogens is 3. The quantitative estimate of drug-likeness (QED) is 0.763. The van der Waals surface area contributed by atoms with Gasteiger partial charge in [0.25, 0.3) is 0 Å². The molecular weight excluding hydrogens is 303 g/mol.